The van der Waals surface area contributed by atoms with Crippen molar-refractivity contribution < 1.29 is 33.8 Å². The van der Waals surface area contributed by atoms with Crippen molar-refractivity contribution in [2.45, 2.75) is 107 Å². The number of ether oxygens (including phenoxy) is 2. The Morgan fingerprint density at radius 2 is 1.88 bits per heavy atom. The van der Waals surface area contributed by atoms with E-state index in [1.165, 1.54) is 4.90 Å². The van der Waals surface area contributed by atoms with Crippen molar-refractivity contribution in [1.82, 2.24) is 14.7 Å². The molecule has 270 valence electrons. The molecule has 0 radical (unpaired) electrons. The topological polar surface area (TPSA) is 117 Å². The molecule has 3 aliphatic rings. The number of aliphatic hydroxyl groups is 1. The van der Waals surface area contributed by atoms with Gasteiger partial charge in [-0.05, 0) is 37.7 Å². The number of likely N-dealkylation sites (N-methyl/N-ethyl adjacent to an activating group) is 1. The predicted octanol–water partition coefficient (Wildman–Crippen LogP) is 5.05. The number of carbonyl (C=O) groups excluding carboxylic acids is 4. The van der Waals surface area contributed by atoms with Crippen molar-refractivity contribution in [1.29, 1.82) is 0 Å². The molecular formula is C38H54BrN3O7. The van der Waals surface area contributed by atoms with Crippen LogP contribution >= 0.6 is 15.9 Å². The summed E-state index contributed by atoms with van der Waals surface area (Å²) in [6.45, 7) is 15.8. The van der Waals surface area contributed by atoms with E-state index in [0.29, 0.717) is 37.9 Å². The molecule has 1 N–H and O–H groups in total. The van der Waals surface area contributed by atoms with E-state index in [2.05, 4.69) is 29.1 Å². The third-order valence-corrected chi connectivity index (χ3v) is 11.7. The summed E-state index contributed by atoms with van der Waals surface area (Å²) in [6.07, 6.45) is 5.29. The van der Waals surface area contributed by atoms with Crippen LogP contribution < -0.4 is 0 Å². The fourth-order valence-electron chi connectivity index (χ4n) is 7.88. The van der Waals surface area contributed by atoms with Crippen molar-refractivity contribution in [2.24, 2.45) is 17.8 Å². The van der Waals surface area contributed by atoms with Crippen LogP contribution in [-0.4, -0.2) is 105 Å². The summed E-state index contributed by atoms with van der Waals surface area (Å²) in [5.41, 5.74) is -0.587. The lowest BCUT2D eigenvalue weighted by atomic mass is 9.70. The molecule has 0 aliphatic carbocycles. The molecule has 4 rings (SSSR count). The fraction of sp³-hybridized carbons (Fsp3) is 0.632. The second-order valence-corrected chi connectivity index (χ2v) is 15.0. The van der Waals surface area contributed by atoms with Crippen molar-refractivity contribution in [3.05, 3.63) is 61.2 Å². The normalized spacial score (nSPS) is 27.9. The zero-order chi connectivity index (χ0) is 36.0. The molecule has 3 saturated heterocycles. The van der Waals surface area contributed by atoms with E-state index in [-0.39, 0.29) is 41.5 Å². The summed E-state index contributed by atoms with van der Waals surface area (Å²) < 4.78 is 13.1. The number of unbranched alkanes of at least 4 members (excludes halogenated alkanes) is 1. The highest BCUT2D eigenvalue weighted by atomic mass is 79.9. The first-order chi connectivity index (χ1) is 23.4. The number of hydrogen-bond acceptors (Lipinski definition) is 7. The average molecular weight is 745 g/mol. The third kappa shape index (κ3) is 7.40. The second kappa shape index (κ2) is 16.8. The minimum atomic E-state index is -1.30. The number of amides is 3. The van der Waals surface area contributed by atoms with Gasteiger partial charge in [0.2, 0.25) is 17.7 Å². The Balaban J connectivity index is 1.76. The van der Waals surface area contributed by atoms with Crippen LogP contribution in [0.1, 0.15) is 77.9 Å². The third-order valence-electron chi connectivity index (χ3n) is 10.9. The summed E-state index contributed by atoms with van der Waals surface area (Å²) in [5, 5.41) is 10.7. The zero-order valence-electron chi connectivity index (χ0n) is 29.6. The number of allylic oxidation sites excluding steroid dienone is 1. The first-order valence-corrected chi connectivity index (χ1v) is 18.6. The quantitative estimate of drug-likeness (QED) is 0.127. The highest BCUT2D eigenvalue weighted by molar-refractivity contribution is 9.09. The predicted molar refractivity (Wildman–Crippen MR) is 192 cm³/mol. The lowest BCUT2D eigenvalue weighted by molar-refractivity contribution is -0.165. The Kier molecular flexibility index (Phi) is 13.3. The van der Waals surface area contributed by atoms with Crippen molar-refractivity contribution in [3.8, 4) is 0 Å². The molecule has 3 fully saturated rings. The van der Waals surface area contributed by atoms with Crippen LogP contribution in [0.3, 0.4) is 0 Å². The summed E-state index contributed by atoms with van der Waals surface area (Å²) in [6, 6.07) is 7.04. The van der Waals surface area contributed by atoms with Crippen LogP contribution in [0.5, 0.6) is 0 Å². The minimum absolute atomic E-state index is 0.109. The monoisotopic (exact) mass is 743 g/mol. The second-order valence-electron chi connectivity index (χ2n) is 13.8. The SMILES string of the molecule is C=CCCC(=O)N(C)[C@H](C)[C@H](OC(=O)[C@H]1[C@@H]2O[C@@]3(CC2Br)[C@@H]1C(=O)N([C@@H](CO)[C@@H](C)CC)[C@@H]3C(=O)N(CC=C)CCCC)c1ccccc1. The van der Waals surface area contributed by atoms with Crippen molar-refractivity contribution >= 4 is 39.6 Å². The number of alkyl halides is 1. The molecule has 1 spiro atoms. The van der Waals surface area contributed by atoms with Crippen molar-refractivity contribution in [3.63, 3.8) is 0 Å². The van der Waals surface area contributed by atoms with Gasteiger partial charge in [-0.3, -0.25) is 19.2 Å². The van der Waals surface area contributed by atoms with Gasteiger partial charge >= 0.3 is 5.97 Å². The van der Waals surface area contributed by atoms with Crippen LogP contribution in [0.4, 0.5) is 0 Å². The maximum Gasteiger partial charge on any atom is 0.313 e. The Bertz CT molecular complexity index is 1360. The summed E-state index contributed by atoms with van der Waals surface area (Å²) in [4.78, 5) is 61.5. The maximum atomic E-state index is 14.8. The largest absolute Gasteiger partial charge is 0.455 e. The highest BCUT2D eigenvalue weighted by Crippen LogP contribution is 2.61. The van der Waals surface area contributed by atoms with E-state index in [4.69, 9.17) is 9.47 Å². The molecule has 10 atom stereocenters. The molecule has 1 aromatic rings. The number of carbonyl (C=O) groups is 4. The molecule has 1 aromatic carbocycles. The fourth-order valence-corrected chi connectivity index (χ4v) is 8.82. The molecule has 0 saturated carbocycles. The number of hydrogen-bond donors (Lipinski definition) is 1. The van der Waals surface area contributed by atoms with Gasteiger partial charge in [0.1, 0.15) is 17.7 Å². The van der Waals surface area contributed by atoms with E-state index >= 15 is 0 Å². The average Bonchev–Trinajstić information content (AvgIpc) is 3.70. The molecule has 49 heavy (non-hydrogen) atoms. The molecule has 1 unspecified atom stereocenters. The summed E-state index contributed by atoms with van der Waals surface area (Å²) >= 11 is 3.75. The van der Waals surface area contributed by atoms with E-state index < -0.39 is 53.7 Å². The van der Waals surface area contributed by atoms with Gasteiger partial charge in [0, 0.05) is 31.4 Å². The number of benzene rings is 1. The van der Waals surface area contributed by atoms with Crippen LogP contribution in [0.25, 0.3) is 0 Å². The number of fused-ring (bicyclic) bond motifs is 1. The van der Waals surface area contributed by atoms with Gasteiger partial charge in [-0.15, -0.1) is 13.2 Å². The molecule has 11 heteroatoms. The Morgan fingerprint density at radius 1 is 1.18 bits per heavy atom. The molecule has 10 nitrogen and oxygen atoms in total. The van der Waals surface area contributed by atoms with Gasteiger partial charge in [0.25, 0.3) is 0 Å². The van der Waals surface area contributed by atoms with Gasteiger partial charge < -0.3 is 29.3 Å². The van der Waals surface area contributed by atoms with Crippen molar-refractivity contribution in [2.75, 3.05) is 26.7 Å². The lowest BCUT2D eigenvalue weighted by Gasteiger charge is -2.41. The van der Waals surface area contributed by atoms with E-state index in [1.54, 1.807) is 29.0 Å². The van der Waals surface area contributed by atoms with Crippen LogP contribution in [0, 0.1) is 17.8 Å². The lowest BCUT2D eigenvalue weighted by Crippen LogP contribution is -2.60. The smallest absolute Gasteiger partial charge is 0.313 e. The van der Waals surface area contributed by atoms with Crippen LogP contribution in [-0.2, 0) is 28.7 Å². The first kappa shape index (κ1) is 38.8. The molecule has 3 aliphatic heterocycles. The minimum Gasteiger partial charge on any atom is -0.455 e. The summed E-state index contributed by atoms with van der Waals surface area (Å²) in [5.74, 6) is -3.49. The van der Waals surface area contributed by atoms with Gasteiger partial charge in [-0.1, -0.05) is 92.0 Å². The highest BCUT2D eigenvalue weighted by Gasteiger charge is 2.77. The van der Waals surface area contributed by atoms with E-state index in [1.807, 2.05) is 58.0 Å². The van der Waals surface area contributed by atoms with E-state index in [9.17, 15) is 24.3 Å². The summed E-state index contributed by atoms with van der Waals surface area (Å²) in [7, 11) is 1.69. The maximum absolute atomic E-state index is 14.8. The van der Waals surface area contributed by atoms with Crippen LogP contribution in [0.2, 0.25) is 0 Å². The molecule has 3 amide bonds. The number of nitrogens with zero attached hydrogens (tertiary/aromatic N) is 3. The molecule has 2 bridgehead atoms. The van der Waals surface area contributed by atoms with Gasteiger partial charge in [-0.25, -0.2) is 0 Å². The van der Waals surface area contributed by atoms with Gasteiger partial charge in [0.05, 0.1) is 36.6 Å². The number of rotatable bonds is 18. The number of likely N-dealkylation sites (tertiary alicyclic amines) is 1. The van der Waals surface area contributed by atoms with E-state index in [0.717, 1.165) is 12.8 Å². The molecule has 3 heterocycles. The Morgan fingerprint density at radius 3 is 2.47 bits per heavy atom. The molecule has 0 aromatic heterocycles. The van der Waals surface area contributed by atoms with Gasteiger partial charge in [-0.2, -0.15) is 0 Å². The Labute approximate surface area is 300 Å². The van der Waals surface area contributed by atoms with Crippen LogP contribution in [0.15, 0.2) is 55.6 Å². The number of halogens is 1. The zero-order valence-corrected chi connectivity index (χ0v) is 31.2. The van der Waals surface area contributed by atoms with Gasteiger partial charge in [0.15, 0.2) is 0 Å². The number of esters is 1. The standard InChI is InChI=1S/C38H54BrN3O7/c1-8-12-19-29(44)40(7)25(6)32(26-17-15-14-16-18-26)48-37(47)30-31-35(45)42(28(23-43)24(5)11-4)34(38(31)22-27(39)33(30)49-38)36(46)41(20-10-3)21-13-9-2/h8,10,14-18,24-25,27-28,30-34,43H,1,3,9,11-13,19-23H2,2,4-7H3/t24-,25+,27?,28-,30+,31-,32-,33+,34+,38-/m0/s1. The first-order valence-electron chi connectivity index (χ1n) is 17.7. The molecular weight excluding hydrogens is 690 g/mol. The Hall–Kier alpha value is -3.02. The number of aliphatic hydroxyl groups excluding tert-OH is 1.